The van der Waals surface area contributed by atoms with Gasteiger partial charge in [-0.05, 0) is 74.5 Å². The van der Waals surface area contributed by atoms with Crippen LogP contribution in [0.25, 0.3) is 78.4 Å². The summed E-state index contributed by atoms with van der Waals surface area (Å²) in [6.45, 7) is 14.1. The standard InChI is InChI=1S/C49H41N3O/c1-28(2)49(29(3)4)38-22-13-11-18-34(38)42-39(49)25-26-41-43(42)35-19-14-20-36(44(35)53-41)47-51-45(30-15-8-7-9-16-30)50-46(52-47)31-23-24-33-32-17-10-12-21-37(32)48(5,6)40(33)27-31/h7-29H,1-6H3. The van der Waals surface area contributed by atoms with E-state index in [1.165, 1.54) is 44.5 Å². The summed E-state index contributed by atoms with van der Waals surface area (Å²) in [5, 5.41) is 2.24. The van der Waals surface area contributed by atoms with Crippen LogP contribution in [0.4, 0.5) is 0 Å². The average molecular weight is 688 g/mol. The van der Waals surface area contributed by atoms with Gasteiger partial charge in [-0.25, -0.2) is 15.0 Å². The summed E-state index contributed by atoms with van der Waals surface area (Å²) in [5.74, 6) is 2.70. The minimum atomic E-state index is -0.137. The van der Waals surface area contributed by atoms with E-state index >= 15 is 0 Å². The molecule has 0 bridgehead atoms. The highest BCUT2D eigenvalue weighted by molar-refractivity contribution is 6.17. The number of fused-ring (bicyclic) bond motifs is 10. The van der Waals surface area contributed by atoms with Crippen LogP contribution in [0.5, 0.6) is 0 Å². The Balaban J connectivity index is 1.20. The molecular formula is C49H41N3O. The fourth-order valence-corrected chi connectivity index (χ4v) is 9.99. The normalized spacial score (nSPS) is 14.9. The SMILES string of the molecule is CC(C)C1(C(C)C)c2ccccc2-c2c1ccc1oc3c(-c4nc(-c5ccccc5)nc(-c5ccc6c(c5)C(C)(C)c5ccccc5-6)n4)cccc3c21. The molecular weight excluding hydrogens is 647 g/mol. The predicted molar refractivity (Wildman–Crippen MR) is 217 cm³/mol. The summed E-state index contributed by atoms with van der Waals surface area (Å²) in [6.07, 6.45) is 0. The van der Waals surface area contributed by atoms with Gasteiger partial charge in [-0.1, -0.05) is 151 Å². The lowest BCUT2D eigenvalue weighted by molar-refractivity contribution is 0.280. The Hall–Kier alpha value is -5.87. The maximum atomic E-state index is 6.88. The highest BCUT2D eigenvalue weighted by Gasteiger charge is 2.48. The monoisotopic (exact) mass is 687 g/mol. The van der Waals surface area contributed by atoms with Gasteiger partial charge in [-0.3, -0.25) is 0 Å². The van der Waals surface area contributed by atoms with E-state index in [1.54, 1.807) is 0 Å². The Bertz CT molecular complexity index is 2760. The van der Waals surface area contributed by atoms with E-state index in [0.29, 0.717) is 29.3 Å². The van der Waals surface area contributed by atoms with Crippen LogP contribution < -0.4 is 0 Å². The van der Waals surface area contributed by atoms with Crippen LogP contribution in [0.3, 0.4) is 0 Å². The second-order valence-corrected chi connectivity index (χ2v) is 16.0. The second kappa shape index (κ2) is 11.3. The van der Waals surface area contributed by atoms with Crippen molar-refractivity contribution in [1.29, 1.82) is 0 Å². The fraction of sp³-hybridized carbons (Fsp3) is 0.204. The van der Waals surface area contributed by atoms with Gasteiger partial charge in [0.25, 0.3) is 0 Å². The van der Waals surface area contributed by atoms with Gasteiger partial charge in [0.15, 0.2) is 17.5 Å². The summed E-state index contributed by atoms with van der Waals surface area (Å²) < 4.78 is 6.88. The minimum absolute atomic E-state index is 0.0964. The van der Waals surface area contributed by atoms with E-state index in [1.807, 2.05) is 18.2 Å². The first-order valence-electron chi connectivity index (χ1n) is 18.8. The number of rotatable bonds is 5. The number of aromatic nitrogens is 3. The zero-order valence-electron chi connectivity index (χ0n) is 31.0. The quantitative estimate of drug-likeness (QED) is 0.181. The van der Waals surface area contributed by atoms with Crippen LogP contribution in [-0.2, 0) is 10.8 Å². The molecule has 8 aromatic rings. The molecule has 53 heavy (non-hydrogen) atoms. The molecule has 4 heteroatoms. The molecule has 0 spiro atoms. The van der Waals surface area contributed by atoms with Crippen molar-refractivity contribution in [1.82, 2.24) is 15.0 Å². The fourth-order valence-electron chi connectivity index (χ4n) is 9.99. The van der Waals surface area contributed by atoms with Gasteiger partial charge in [0.2, 0.25) is 0 Å². The zero-order valence-corrected chi connectivity index (χ0v) is 31.0. The third-order valence-corrected chi connectivity index (χ3v) is 12.3. The number of hydrogen-bond acceptors (Lipinski definition) is 4. The van der Waals surface area contributed by atoms with Crippen LogP contribution in [-0.4, -0.2) is 15.0 Å². The third-order valence-electron chi connectivity index (χ3n) is 12.3. The molecule has 0 saturated heterocycles. The number of furan rings is 1. The van der Waals surface area contributed by atoms with E-state index < -0.39 is 0 Å². The molecule has 0 aliphatic heterocycles. The molecule has 2 heterocycles. The van der Waals surface area contributed by atoms with Gasteiger partial charge in [-0.15, -0.1) is 0 Å². The lowest BCUT2D eigenvalue weighted by Crippen LogP contribution is -2.37. The van der Waals surface area contributed by atoms with E-state index in [-0.39, 0.29) is 10.8 Å². The molecule has 2 aliphatic carbocycles. The summed E-state index contributed by atoms with van der Waals surface area (Å²) in [6, 6.07) is 45.5. The first-order valence-corrected chi connectivity index (χ1v) is 18.8. The van der Waals surface area contributed by atoms with Gasteiger partial charge >= 0.3 is 0 Å². The van der Waals surface area contributed by atoms with Crippen molar-refractivity contribution in [3.05, 3.63) is 150 Å². The van der Waals surface area contributed by atoms with Crippen molar-refractivity contribution in [3.8, 4) is 56.4 Å². The van der Waals surface area contributed by atoms with Crippen molar-refractivity contribution in [2.45, 2.75) is 52.4 Å². The highest BCUT2D eigenvalue weighted by Crippen LogP contribution is 2.59. The molecule has 4 nitrogen and oxygen atoms in total. The van der Waals surface area contributed by atoms with Crippen molar-refractivity contribution in [2.24, 2.45) is 11.8 Å². The van der Waals surface area contributed by atoms with Crippen LogP contribution >= 0.6 is 0 Å². The summed E-state index contributed by atoms with van der Waals surface area (Å²) in [7, 11) is 0. The maximum absolute atomic E-state index is 6.88. The second-order valence-electron chi connectivity index (χ2n) is 16.0. The lowest BCUT2D eigenvalue weighted by Gasteiger charge is -2.40. The molecule has 0 saturated carbocycles. The van der Waals surface area contributed by atoms with Gasteiger partial charge in [0.1, 0.15) is 11.2 Å². The Morgan fingerprint density at radius 3 is 1.87 bits per heavy atom. The molecule has 0 atom stereocenters. The van der Waals surface area contributed by atoms with Crippen molar-refractivity contribution in [2.75, 3.05) is 0 Å². The Kier molecular flexibility index (Phi) is 6.80. The molecule has 2 aromatic heterocycles. The predicted octanol–water partition coefficient (Wildman–Crippen LogP) is 12.7. The zero-order chi connectivity index (χ0) is 36.2. The average Bonchev–Trinajstić information content (AvgIpc) is 3.79. The summed E-state index contributed by atoms with van der Waals surface area (Å²) in [4.78, 5) is 15.5. The number of benzene rings is 6. The molecule has 0 N–H and O–H groups in total. The van der Waals surface area contributed by atoms with Crippen molar-refractivity contribution in [3.63, 3.8) is 0 Å². The van der Waals surface area contributed by atoms with Crippen LogP contribution in [0.2, 0.25) is 0 Å². The van der Waals surface area contributed by atoms with Gasteiger partial charge in [-0.2, -0.15) is 0 Å². The molecule has 10 rings (SSSR count). The molecule has 6 aromatic carbocycles. The molecule has 0 radical (unpaired) electrons. The smallest absolute Gasteiger partial charge is 0.167 e. The lowest BCUT2D eigenvalue weighted by atomic mass is 9.63. The van der Waals surface area contributed by atoms with Crippen LogP contribution in [0.1, 0.15) is 63.8 Å². The maximum Gasteiger partial charge on any atom is 0.167 e. The topological polar surface area (TPSA) is 51.8 Å². The molecule has 0 unspecified atom stereocenters. The van der Waals surface area contributed by atoms with E-state index in [2.05, 4.69) is 151 Å². The molecule has 0 fully saturated rings. The van der Waals surface area contributed by atoms with E-state index in [4.69, 9.17) is 19.4 Å². The van der Waals surface area contributed by atoms with Crippen LogP contribution in [0.15, 0.2) is 132 Å². The number of nitrogens with zero attached hydrogens (tertiary/aromatic N) is 3. The van der Waals surface area contributed by atoms with Gasteiger partial charge in [0.05, 0.1) is 5.56 Å². The van der Waals surface area contributed by atoms with Gasteiger partial charge < -0.3 is 4.42 Å². The minimum Gasteiger partial charge on any atom is -0.455 e. The van der Waals surface area contributed by atoms with Gasteiger partial charge in [0, 0.05) is 32.7 Å². The Morgan fingerprint density at radius 1 is 0.491 bits per heavy atom. The first kappa shape index (κ1) is 31.8. The highest BCUT2D eigenvalue weighted by atomic mass is 16.3. The summed E-state index contributed by atoms with van der Waals surface area (Å²) in [5.41, 5.74) is 14.8. The van der Waals surface area contributed by atoms with E-state index in [9.17, 15) is 0 Å². The number of para-hydroxylation sites is 1. The molecule has 258 valence electrons. The Labute approximate surface area is 310 Å². The van der Waals surface area contributed by atoms with E-state index in [0.717, 1.165) is 38.6 Å². The number of hydrogen-bond donors (Lipinski definition) is 0. The Morgan fingerprint density at radius 2 is 1.11 bits per heavy atom. The van der Waals surface area contributed by atoms with Crippen molar-refractivity contribution >= 4 is 21.9 Å². The summed E-state index contributed by atoms with van der Waals surface area (Å²) >= 11 is 0. The van der Waals surface area contributed by atoms with Crippen LogP contribution in [0, 0.1) is 11.8 Å². The molecule has 0 amide bonds. The molecule has 2 aliphatic rings. The first-order chi connectivity index (χ1) is 25.7. The third kappa shape index (κ3) is 4.32. The largest absolute Gasteiger partial charge is 0.455 e. The van der Waals surface area contributed by atoms with Crippen molar-refractivity contribution < 1.29 is 4.42 Å².